The highest BCUT2D eigenvalue weighted by Gasteiger charge is 2.11. The second kappa shape index (κ2) is 11.8. The normalized spacial score (nSPS) is 10.7. The molecule has 0 fully saturated rings. The van der Waals surface area contributed by atoms with Gasteiger partial charge in [0, 0.05) is 23.4 Å². The Morgan fingerprint density at radius 2 is 1.66 bits per heavy atom. The van der Waals surface area contributed by atoms with Crippen molar-refractivity contribution in [1.82, 2.24) is 10.2 Å². The van der Waals surface area contributed by atoms with E-state index in [0.29, 0.717) is 29.3 Å². The molecule has 0 unspecified atom stereocenters. The van der Waals surface area contributed by atoms with Crippen molar-refractivity contribution in [2.24, 2.45) is 0 Å². The van der Waals surface area contributed by atoms with Crippen LogP contribution in [-0.2, 0) is 17.0 Å². The van der Waals surface area contributed by atoms with Gasteiger partial charge in [0.05, 0.1) is 0 Å². The Morgan fingerprint density at radius 3 is 2.40 bits per heavy atom. The zero-order valence-electron chi connectivity index (χ0n) is 19.6. The van der Waals surface area contributed by atoms with E-state index in [1.807, 2.05) is 86.6 Å². The molecule has 178 valence electrons. The van der Waals surface area contributed by atoms with Gasteiger partial charge in [-0.1, -0.05) is 83.3 Å². The van der Waals surface area contributed by atoms with Crippen molar-refractivity contribution in [3.05, 3.63) is 101 Å². The van der Waals surface area contributed by atoms with Crippen molar-refractivity contribution in [3.8, 4) is 0 Å². The van der Waals surface area contributed by atoms with Gasteiger partial charge in [-0.15, -0.1) is 10.2 Å². The predicted molar refractivity (Wildman–Crippen MR) is 143 cm³/mol. The Labute approximate surface area is 213 Å². The van der Waals surface area contributed by atoms with Gasteiger partial charge in [-0.2, -0.15) is 0 Å². The summed E-state index contributed by atoms with van der Waals surface area (Å²) in [7, 11) is 0. The van der Waals surface area contributed by atoms with Gasteiger partial charge >= 0.3 is 0 Å². The first-order valence-corrected chi connectivity index (χ1v) is 13.0. The monoisotopic (exact) mass is 502 g/mol. The Kier molecular flexibility index (Phi) is 8.28. The number of nitrogens with zero attached hydrogens (tertiary/aromatic N) is 2. The van der Waals surface area contributed by atoms with Gasteiger partial charge in [0.15, 0.2) is 4.34 Å². The summed E-state index contributed by atoms with van der Waals surface area (Å²) in [6.45, 7) is 4.01. The summed E-state index contributed by atoms with van der Waals surface area (Å²) in [5.41, 5.74) is 5.83. The lowest BCUT2D eigenvalue weighted by Gasteiger charge is -2.09. The zero-order valence-corrected chi connectivity index (χ0v) is 21.2. The van der Waals surface area contributed by atoms with E-state index in [0.717, 1.165) is 32.3 Å². The number of aromatic nitrogens is 2. The van der Waals surface area contributed by atoms with E-state index >= 15 is 0 Å². The van der Waals surface area contributed by atoms with Gasteiger partial charge in [0.25, 0.3) is 5.91 Å². The largest absolute Gasteiger partial charge is 0.322 e. The third-order valence-electron chi connectivity index (χ3n) is 5.34. The molecule has 3 aromatic carbocycles. The number of carbonyl (C=O) groups is 2. The van der Waals surface area contributed by atoms with Crippen molar-refractivity contribution in [2.75, 3.05) is 10.6 Å². The second-order valence-corrected chi connectivity index (χ2v) is 10.4. The minimum atomic E-state index is -0.132. The number of anilines is 2. The summed E-state index contributed by atoms with van der Waals surface area (Å²) < 4.78 is 0.778. The van der Waals surface area contributed by atoms with E-state index in [1.165, 1.54) is 11.3 Å². The number of rotatable bonds is 9. The lowest BCUT2D eigenvalue weighted by atomic mass is 10.1. The number of aryl methyl sites for hydroxylation is 3. The van der Waals surface area contributed by atoms with Gasteiger partial charge < -0.3 is 10.6 Å². The molecule has 4 rings (SSSR count). The van der Waals surface area contributed by atoms with Crippen LogP contribution in [0.2, 0.25) is 0 Å². The van der Waals surface area contributed by atoms with E-state index in [9.17, 15) is 9.59 Å². The van der Waals surface area contributed by atoms with E-state index in [-0.39, 0.29) is 11.8 Å². The minimum absolute atomic E-state index is 0.0729. The summed E-state index contributed by atoms with van der Waals surface area (Å²) in [5, 5.41) is 14.5. The van der Waals surface area contributed by atoms with Crippen molar-refractivity contribution in [3.63, 3.8) is 0 Å². The topological polar surface area (TPSA) is 84.0 Å². The van der Waals surface area contributed by atoms with E-state index in [4.69, 9.17) is 0 Å². The van der Waals surface area contributed by atoms with Crippen molar-refractivity contribution >= 4 is 45.7 Å². The van der Waals surface area contributed by atoms with Gasteiger partial charge in [0.1, 0.15) is 0 Å². The van der Waals surface area contributed by atoms with Crippen LogP contribution in [0.4, 0.5) is 10.8 Å². The summed E-state index contributed by atoms with van der Waals surface area (Å²) in [6, 6.07) is 23.4. The van der Waals surface area contributed by atoms with Crippen LogP contribution < -0.4 is 10.6 Å². The minimum Gasteiger partial charge on any atom is -0.322 e. The molecule has 0 spiro atoms. The van der Waals surface area contributed by atoms with Gasteiger partial charge in [-0.05, 0) is 55.2 Å². The molecule has 0 aliphatic heterocycles. The molecule has 1 heterocycles. The fraction of sp³-hybridized carbons (Fsp3) is 0.185. The average Bonchev–Trinajstić information content (AvgIpc) is 3.31. The maximum absolute atomic E-state index is 12.6. The molecule has 8 heteroatoms. The smallest absolute Gasteiger partial charge is 0.255 e. The zero-order chi connectivity index (χ0) is 24.6. The molecular formula is C27H26N4O2S2. The Hall–Kier alpha value is -3.49. The van der Waals surface area contributed by atoms with E-state index in [1.54, 1.807) is 11.8 Å². The second-order valence-electron chi connectivity index (χ2n) is 8.16. The number of carbonyl (C=O) groups excluding carboxylic acids is 2. The first-order chi connectivity index (χ1) is 17.0. The van der Waals surface area contributed by atoms with Gasteiger partial charge in [0.2, 0.25) is 11.0 Å². The highest BCUT2D eigenvalue weighted by atomic mass is 32.2. The number of amides is 2. The summed E-state index contributed by atoms with van der Waals surface area (Å²) in [5.74, 6) is 0.486. The standard InChI is InChI=1S/C27H26N4O2S2/c1-18-8-14-23(19(2)16-18)28-25(33)22-12-9-21(10-13-22)17-34-27-31-30-26(35-27)29-24(32)15-11-20-6-4-3-5-7-20/h3-10,12-14,16H,11,15,17H2,1-2H3,(H,28,33)(H,29,30,32). The van der Waals surface area contributed by atoms with Crippen LogP contribution in [0.3, 0.4) is 0 Å². The number of benzene rings is 3. The summed E-state index contributed by atoms with van der Waals surface area (Å²) in [6.07, 6.45) is 1.08. The van der Waals surface area contributed by atoms with E-state index < -0.39 is 0 Å². The van der Waals surface area contributed by atoms with E-state index in [2.05, 4.69) is 20.8 Å². The van der Waals surface area contributed by atoms with Crippen LogP contribution in [0.25, 0.3) is 0 Å². The fourth-order valence-corrected chi connectivity index (χ4v) is 5.17. The van der Waals surface area contributed by atoms with Crippen LogP contribution in [0.1, 0.15) is 39.0 Å². The third kappa shape index (κ3) is 7.24. The number of hydrogen-bond donors (Lipinski definition) is 2. The SMILES string of the molecule is Cc1ccc(NC(=O)c2ccc(CSc3nnc(NC(=O)CCc4ccccc4)s3)cc2)c(C)c1. The van der Waals surface area contributed by atoms with Crippen LogP contribution in [0.5, 0.6) is 0 Å². The molecule has 0 saturated heterocycles. The van der Waals surface area contributed by atoms with Gasteiger partial charge in [-0.3, -0.25) is 9.59 Å². The van der Waals surface area contributed by atoms with Crippen molar-refractivity contribution in [1.29, 1.82) is 0 Å². The number of hydrogen-bond acceptors (Lipinski definition) is 6. The Bertz CT molecular complexity index is 1300. The fourth-order valence-electron chi connectivity index (χ4n) is 3.45. The molecule has 0 atom stereocenters. The van der Waals surface area contributed by atoms with Crippen molar-refractivity contribution in [2.45, 2.75) is 36.8 Å². The Morgan fingerprint density at radius 1 is 0.886 bits per heavy atom. The van der Waals surface area contributed by atoms with Crippen LogP contribution in [-0.4, -0.2) is 22.0 Å². The highest BCUT2D eigenvalue weighted by molar-refractivity contribution is 8.00. The number of thioether (sulfide) groups is 1. The van der Waals surface area contributed by atoms with Crippen LogP contribution in [0, 0.1) is 13.8 Å². The molecule has 1 aromatic heterocycles. The first kappa shape index (κ1) is 24.6. The lowest BCUT2D eigenvalue weighted by Crippen LogP contribution is -2.12. The quantitative estimate of drug-likeness (QED) is 0.208. The first-order valence-electron chi connectivity index (χ1n) is 11.2. The Balaban J connectivity index is 1.24. The molecule has 0 aliphatic carbocycles. The molecule has 0 bridgehead atoms. The highest BCUT2D eigenvalue weighted by Crippen LogP contribution is 2.28. The summed E-state index contributed by atoms with van der Waals surface area (Å²) in [4.78, 5) is 24.8. The molecule has 4 aromatic rings. The predicted octanol–water partition coefficient (Wildman–Crippen LogP) is 6.27. The maximum Gasteiger partial charge on any atom is 0.255 e. The molecule has 2 N–H and O–H groups in total. The molecule has 0 saturated carbocycles. The molecule has 0 aliphatic rings. The van der Waals surface area contributed by atoms with Crippen LogP contribution >= 0.6 is 23.1 Å². The third-order valence-corrected chi connectivity index (χ3v) is 7.39. The number of nitrogens with one attached hydrogen (secondary N) is 2. The average molecular weight is 503 g/mol. The molecular weight excluding hydrogens is 476 g/mol. The molecule has 6 nitrogen and oxygen atoms in total. The molecule has 0 radical (unpaired) electrons. The van der Waals surface area contributed by atoms with Crippen molar-refractivity contribution < 1.29 is 9.59 Å². The van der Waals surface area contributed by atoms with Crippen LogP contribution in [0.15, 0.2) is 77.1 Å². The molecule has 2 amide bonds. The van der Waals surface area contributed by atoms with Gasteiger partial charge in [-0.25, -0.2) is 0 Å². The molecule has 35 heavy (non-hydrogen) atoms. The lowest BCUT2D eigenvalue weighted by molar-refractivity contribution is -0.116. The summed E-state index contributed by atoms with van der Waals surface area (Å²) >= 11 is 2.90. The maximum atomic E-state index is 12.6.